The van der Waals surface area contributed by atoms with E-state index in [1.165, 1.54) is 23.2 Å². The summed E-state index contributed by atoms with van der Waals surface area (Å²) in [5, 5.41) is 2.69. The fraction of sp³-hybridized carbons (Fsp3) is 0.200. The van der Waals surface area contributed by atoms with Crippen molar-refractivity contribution in [3.8, 4) is 11.3 Å². The van der Waals surface area contributed by atoms with Gasteiger partial charge in [-0.25, -0.2) is 9.37 Å². The van der Waals surface area contributed by atoms with Gasteiger partial charge in [-0.3, -0.25) is 9.20 Å². The lowest BCUT2D eigenvalue weighted by Gasteiger charge is -2.05. The predicted molar refractivity (Wildman–Crippen MR) is 97.6 cm³/mol. The normalized spacial score (nSPS) is 13.0. The summed E-state index contributed by atoms with van der Waals surface area (Å²) in [7, 11) is 1.63. The maximum atomic E-state index is 13.4. The van der Waals surface area contributed by atoms with E-state index < -0.39 is 0 Å². The molecule has 3 heterocycles. The molecule has 6 heteroatoms. The third kappa shape index (κ3) is 2.02. The fourth-order valence-corrected chi connectivity index (χ4v) is 3.93. The topological polar surface area (TPSA) is 51.3 Å². The number of rotatable bonds is 3. The van der Waals surface area contributed by atoms with E-state index in [1.807, 2.05) is 6.07 Å². The van der Waals surface area contributed by atoms with Crippen LogP contribution >= 0.6 is 0 Å². The van der Waals surface area contributed by atoms with Crippen molar-refractivity contribution >= 4 is 22.7 Å². The molecule has 0 fully saturated rings. The molecule has 130 valence electrons. The summed E-state index contributed by atoms with van der Waals surface area (Å²) in [6.07, 6.45) is 1.21. The van der Waals surface area contributed by atoms with E-state index >= 15 is 0 Å². The van der Waals surface area contributed by atoms with Gasteiger partial charge in [0.05, 0.1) is 28.8 Å². The Morgan fingerprint density at radius 1 is 1.23 bits per heavy atom. The zero-order valence-electron chi connectivity index (χ0n) is 14.3. The molecule has 0 aliphatic carbocycles. The molecule has 0 saturated heterocycles. The van der Waals surface area contributed by atoms with Gasteiger partial charge in [-0.15, -0.1) is 0 Å². The summed E-state index contributed by atoms with van der Waals surface area (Å²) in [5.41, 5.74) is 5.93. The minimum absolute atomic E-state index is 0.0794. The smallest absolute Gasteiger partial charge is 0.225 e. The molecule has 1 N–H and O–H groups in total. The number of amides is 1. The SMILES string of the molecule is CNC(=O)Cc1c(-c2ccc(F)cc2)nc2n3c4c(cccc4n12)CC3. The van der Waals surface area contributed by atoms with Crippen LogP contribution in [0.5, 0.6) is 0 Å². The molecule has 5 nitrogen and oxygen atoms in total. The van der Waals surface area contributed by atoms with E-state index in [1.54, 1.807) is 19.2 Å². The molecule has 0 saturated carbocycles. The average molecular weight is 348 g/mol. The van der Waals surface area contributed by atoms with Crippen molar-refractivity contribution in [1.29, 1.82) is 0 Å². The minimum Gasteiger partial charge on any atom is -0.359 e. The molecule has 2 aromatic carbocycles. The first-order valence-corrected chi connectivity index (χ1v) is 8.65. The zero-order valence-corrected chi connectivity index (χ0v) is 14.3. The van der Waals surface area contributed by atoms with Gasteiger partial charge in [-0.1, -0.05) is 12.1 Å². The van der Waals surface area contributed by atoms with Gasteiger partial charge >= 0.3 is 0 Å². The van der Waals surface area contributed by atoms with Gasteiger partial charge in [0.25, 0.3) is 0 Å². The van der Waals surface area contributed by atoms with Crippen LogP contribution in [0.3, 0.4) is 0 Å². The Bertz CT molecular complexity index is 1170. The minimum atomic E-state index is -0.289. The van der Waals surface area contributed by atoms with Crippen LogP contribution in [-0.2, 0) is 24.2 Å². The van der Waals surface area contributed by atoms with Crippen LogP contribution in [0.1, 0.15) is 11.3 Å². The first-order chi connectivity index (χ1) is 12.7. The molecule has 2 aromatic heterocycles. The van der Waals surface area contributed by atoms with Crippen molar-refractivity contribution in [3.05, 3.63) is 59.5 Å². The van der Waals surface area contributed by atoms with E-state index in [-0.39, 0.29) is 18.1 Å². The molecule has 0 radical (unpaired) electrons. The van der Waals surface area contributed by atoms with Crippen LogP contribution < -0.4 is 5.32 Å². The highest BCUT2D eigenvalue weighted by atomic mass is 19.1. The molecule has 0 atom stereocenters. The van der Waals surface area contributed by atoms with Crippen LogP contribution in [0.25, 0.3) is 28.1 Å². The second kappa shape index (κ2) is 5.42. The Kier molecular flexibility index (Phi) is 3.16. The number of aromatic nitrogens is 3. The molecular formula is C20H17FN4O. The Morgan fingerprint density at radius 3 is 2.81 bits per heavy atom. The number of fused-ring (bicyclic) bond motifs is 3. The van der Waals surface area contributed by atoms with Crippen molar-refractivity contribution in [2.24, 2.45) is 0 Å². The highest BCUT2D eigenvalue weighted by molar-refractivity contribution is 5.89. The first kappa shape index (κ1) is 15.1. The summed E-state index contributed by atoms with van der Waals surface area (Å²) in [6, 6.07) is 12.5. The van der Waals surface area contributed by atoms with Crippen molar-refractivity contribution in [2.75, 3.05) is 7.05 Å². The molecule has 1 aliphatic heterocycles. The second-order valence-corrected chi connectivity index (χ2v) is 6.59. The number of hydrogen-bond donors (Lipinski definition) is 1. The molecule has 1 aliphatic rings. The lowest BCUT2D eigenvalue weighted by atomic mass is 10.1. The number of benzene rings is 2. The van der Waals surface area contributed by atoms with Crippen LogP contribution in [0.15, 0.2) is 42.5 Å². The van der Waals surface area contributed by atoms with Crippen LogP contribution in [0.2, 0.25) is 0 Å². The van der Waals surface area contributed by atoms with Crippen LogP contribution in [0, 0.1) is 5.82 Å². The summed E-state index contributed by atoms with van der Waals surface area (Å²) >= 11 is 0. The van der Waals surface area contributed by atoms with E-state index in [2.05, 4.69) is 26.4 Å². The molecule has 0 spiro atoms. The number of carbonyl (C=O) groups is 1. The van der Waals surface area contributed by atoms with Gasteiger partial charge in [0.1, 0.15) is 5.82 Å². The molecule has 5 rings (SSSR count). The number of imidazole rings is 2. The van der Waals surface area contributed by atoms with Gasteiger partial charge in [0.15, 0.2) is 0 Å². The summed E-state index contributed by atoms with van der Waals surface area (Å²) in [5.74, 6) is 0.468. The highest BCUT2D eigenvalue weighted by Crippen LogP contribution is 2.34. The number of nitrogens with one attached hydrogen (secondary N) is 1. The Balaban J connectivity index is 1.84. The van der Waals surface area contributed by atoms with E-state index in [0.717, 1.165) is 41.2 Å². The number of nitrogens with zero attached hydrogens (tertiary/aromatic N) is 3. The quantitative estimate of drug-likeness (QED) is 0.619. The van der Waals surface area contributed by atoms with Crippen LogP contribution in [0.4, 0.5) is 4.39 Å². The summed E-state index contributed by atoms with van der Waals surface area (Å²) < 4.78 is 17.6. The van der Waals surface area contributed by atoms with Crippen molar-refractivity contribution in [2.45, 2.75) is 19.4 Å². The number of likely N-dealkylation sites (N-methyl/N-ethyl adjacent to an activating group) is 1. The van der Waals surface area contributed by atoms with E-state index in [4.69, 9.17) is 4.98 Å². The molecule has 4 aromatic rings. The van der Waals surface area contributed by atoms with Crippen molar-refractivity contribution < 1.29 is 9.18 Å². The highest BCUT2D eigenvalue weighted by Gasteiger charge is 2.26. The van der Waals surface area contributed by atoms with Crippen molar-refractivity contribution in [1.82, 2.24) is 19.3 Å². The molecular weight excluding hydrogens is 331 g/mol. The Morgan fingerprint density at radius 2 is 2.04 bits per heavy atom. The summed E-state index contributed by atoms with van der Waals surface area (Å²) in [4.78, 5) is 17.0. The molecule has 26 heavy (non-hydrogen) atoms. The molecule has 1 amide bonds. The first-order valence-electron chi connectivity index (χ1n) is 8.65. The maximum Gasteiger partial charge on any atom is 0.225 e. The van der Waals surface area contributed by atoms with Gasteiger partial charge in [0.2, 0.25) is 11.7 Å². The third-order valence-corrected chi connectivity index (χ3v) is 5.13. The number of halogens is 1. The van der Waals surface area contributed by atoms with Gasteiger partial charge in [0, 0.05) is 19.2 Å². The standard InChI is InChI=1S/C20H17FN4O/c1-22-17(26)11-16-18(12-5-7-14(21)8-6-12)23-20-24-10-9-13-3-2-4-15(19(13)24)25(16)20/h2-8H,9-11H2,1H3,(H,22,26). The lowest BCUT2D eigenvalue weighted by Crippen LogP contribution is -2.21. The van der Waals surface area contributed by atoms with Crippen LogP contribution in [-0.4, -0.2) is 26.9 Å². The second-order valence-electron chi connectivity index (χ2n) is 6.59. The van der Waals surface area contributed by atoms with Gasteiger partial charge < -0.3 is 9.88 Å². The Hall–Kier alpha value is -3.15. The predicted octanol–water partition coefficient (Wildman–Crippen LogP) is 2.94. The van der Waals surface area contributed by atoms with E-state index in [0.29, 0.717) is 0 Å². The van der Waals surface area contributed by atoms with E-state index in [9.17, 15) is 9.18 Å². The molecule has 0 unspecified atom stereocenters. The number of aryl methyl sites for hydroxylation is 2. The summed E-state index contributed by atoms with van der Waals surface area (Å²) in [6.45, 7) is 0.881. The molecule has 0 bridgehead atoms. The number of carbonyl (C=O) groups excluding carboxylic acids is 1. The van der Waals surface area contributed by atoms with Gasteiger partial charge in [-0.2, -0.15) is 0 Å². The maximum absolute atomic E-state index is 13.4. The average Bonchev–Trinajstić information content (AvgIpc) is 3.32. The van der Waals surface area contributed by atoms with Crippen molar-refractivity contribution in [3.63, 3.8) is 0 Å². The third-order valence-electron chi connectivity index (χ3n) is 5.13. The zero-order chi connectivity index (χ0) is 17.8. The monoisotopic (exact) mass is 348 g/mol. The number of para-hydroxylation sites is 1. The number of hydrogen-bond acceptors (Lipinski definition) is 2. The largest absolute Gasteiger partial charge is 0.359 e. The lowest BCUT2D eigenvalue weighted by molar-refractivity contribution is -0.120. The fourth-order valence-electron chi connectivity index (χ4n) is 3.93. The van der Waals surface area contributed by atoms with Gasteiger partial charge in [-0.05, 0) is 42.3 Å². The Labute approximate surface area is 149 Å².